The topological polar surface area (TPSA) is 70.7 Å². The van der Waals surface area contributed by atoms with Gasteiger partial charge in [0.05, 0.1) is 0 Å². The Morgan fingerprint density at radius 1 is 1.60 bits per heavy atom. The molecule has 0 aromatic carbocycles. The fourth-order valence-corrected chi connectivity index (χ4v) is 1.17. The Balaban J connectivity index is 2.19. The summed E-state index contributed by atoms with van der Waals surface area (Å²) in [4.78, 5) is 14.6. The second-order valence-electron chi connectivity index (χ2n) is 2.38. The smallest absolute Gasteiger partial charge is 0.348 e. The Hall–Kier alpha value is -1.25. The van der Waals surface area contributed by atoms with Crippen molar-refractivity contribution in [2.24, 2.45) is 0 Å². The van der Waals surface area contributed by atoms with Crippen molar-refractivity contribution >= 4 is 17.7 Å². The second-order valence-corrected chi connectivity index (χ2v) is 3.54. The number of nitrogens with zero attached hydrogens (tertiary/aromatic N) is 2. The van der Waals surface area contributed by atoms with Crippen LogP contribution < -0.4 is 5.32 Å². The minimum absolute atomic E-state index is 0.0213. The molecule has 0 saturated heterocycles. The molecule has 1 rings (SSSR count). The molecule has 15 heavy (non-hydrogen) atoms. The molecule has 0 bridgehead atoms. The number of rotatable bonds is 4. The fraction of sp³-hybridized carbons (Fsp3) is 0.500. The van der Waals surface area contributed by atoms with Gasteiger partial charge in [0, 0.05) is 12.3 Å². The maximum atomic E-state index is 11.7. The SMILES string of the molecule is O=C(NCCSC(F)(F)F)c1ncn[nH]1. The van der Waals surface area contributed by atoms with Gasteiger partial charge in [-0.2, -0.15) is 18.3 Å². The van der Waals surface area contributed by atoms with E-state index >= 15 is 0 Å². The third-order valence-corrected chi connectivity index (χ3v) is 2.02. The summed E-state index contributed by atoms with van der Waals surface area (Å²) in [5, 5.41) is 7.98. The van der Waals surface area contributed by atoms with Crippen molar-refractivity contribution in [1.82, 2.24) is 20.5 Å². The Morgan fingerprint density at radius 3 is 2.87 bits per heavy atom. The van der Waals surface area contributed by atoms with Crippen molar-refractivity contribution < 1.29 is 18.0 Å². The largest absolute Gasteiger partial charge is 0.441 e. The molecule has 1 aromatic rings. The van der Waals surface area contributed by atoms with Gasteiger partial charge in [-0.05, 0) is 11.8 Å². The molecule has 0 fully saturated rings. The summed E-state index contributed by atoms with van der Waals surface area (Å²) in [5.74, 6) is -0.828. The van der Waals surface area contributed by atoms with Crippen molar-refractivity contribution in [2.75, 3.05) is 12.3 Å². The van der Waals surface area contributed by atoms with Crippen LogP contribution in [0.5, 0.6) is 0 Å². The highest BCUT2D eigenvalue weighted by molar-refractivity contribution is 8.00. The number of aromatic amines is 1. The van der Waals surface area contributed by atoms with Crippen LogP contribution >= 0.6 is 11.8 Å². The van der Waals surface area contributed by atoms with Crippen molar-refractivity contribution in [1.29, 1.82) is 0 Å². The predicted molar refractivity (Wildman–Crippen MR) is 47.2 cm³/mol. The van der Waals surface area contributed by atoms with E-state index in [1.165, 1.54) is 0 Å². The Morgan fingerprint density at radius 2 is 2.33 bits per heavy atom. The van der Waals surface area contributed by atoms with Crippen LogP contribution in [0.15, 0.2) is 6.33 Å². The first-order chi connectivity index (χ1) is 6.99. The van der Waals surface area contributed by atoms with E-state index in [1.807, 2.05) is 0 Å². The molecule has 0 atom stereocenters. The van der Waals surface area contributed by atoms with Gasteiger partial charge in [0.15, 0.2) is 0 Å². The lowest BCUT2D eigenvalue weighted by atomic mass is 10.5. The van der Waals surface area contributed by atoms with Gasteiger partial charge in [-0.15, -0.1) is 0 Å². The van der Waals surface area contributed by atoms with Gasteiger partial charge in [-0.25, -0.2) is 4.98 Å². The zero-order valence-electron chi connectivity index (χ0n) is 7.34. The molecule has 2 N–H and O–H groups in total. The van der Waals surface area contributed by atoms with Crippen LogP contribution in [0.3, 0.4) is 0 Å². The standard InChI is InChI=1S/C6H7F3N4OS/c7-6(8,9)15-2-1-10-5(14)4-11-3-12-13-4/h3H,1-2H2,(H,10,14)(H,11,12,13). The van der Waals surface area contributed by atoms with E-state index in [0.717, 1.165) is 6.33 Å². The summed E-state index contributed by atoms with van der Waals surface area (Å²) in [6, 6.07) is 0. The van der Waals surface area contributed by atoms with Gasteiger partial charge in [0.1, 0.15) is 6.33 Å². The zero-order valence-corrected chi connectivity index (χ0v) is 8.15. The predicted octanol–water partition coefficient (Wildman–Crippen LogP) is 0.787. The van der Waals surface area contributed by atoms with Crippen molar-refractivity contribution in [2.45, 2.75) is 5.51 Å². The summed E-state index contributed by atoms with van der Waals surface area (Å²) >= 11 is -0.188. The first-order valence-electron chi connectivity index (χ1n) is 3.83. The molecule has 1 aromatic heterocycles. The van der Waals surface area contributed by atoms with Crippen LogP contribution in [-0.2, 0) is 0 Å². The Bertz CT molecular complexity index is 313. The lowest BCUT2D eigenvalue weighted by molar-refractivity contribution is -0.0327. The number of halogens is 3. The van der Waals surface area contributed by atoms with Gasteiger partial charge in [0.25, 0.3) is 5.91 Å². The number of hydrogen-bond donors (Lipinski definition) is 2. The highest BCUT2D eigenvalue weighted by Gasteiger charge is 2.27. The summed E-state index contributed by atoms with van der Waals surface area (Å²) in [6.45, 7) is -0.0797. The van der Waals surface area contributed by atoms with Crippen LogP contribution in [0.4, 0.5) is 13.2 Å². The number of hydrogen-bond acceptors (Lipinski definition) is 4. The highest BCUT2D eigenvalue weighted by atomic mass is 32.2. The van der Waals surface area contributed by atoms with Crippen molar-refractivity contribution in [3.63, 3.8) is 0 Å². The molecular formula is C6H7F3N4OS. The summed E-state index contributed by atoms with van der Waals surface area (Å²) < 4.78 is 35.0. The second kappa shape index (κ2) is 5.01. The number of carbonyl (C=O) groups is 1. The maximum absolute atomic E-state index is 11.7. The summed E-state index contributed by atoms with van der Waals surface area (Å²) in [7, 11) is 0. The lowest BCUT2D eigenvalue weighted by Crippen LogP contribution is -2.27. The van der Waals surface area contributed by atoms with Crippen LogP contribution in [-0.4, -0.2) is 38.9 Å². The average Bonchev–Trinajstić information content (AvgIpc) is 2.63. The van der Waals surface area contributed by atoms with Gasteiger partial charge in [0.2, 0.25) is 5.82 Å². The average molecular weight is 240 g/mol. The minimum atomic E-state index is -4.27. The van der Waals surface area contributed by atoms with Crippen molar-refractivity contribution in [3.05, 3.63) is 12.2 Å². The Kier molecular flexibility index (Phi) is 3.95. The van der Waals surface area contributed by atoms with Gasteiger partial charge in [-0.3, -0.25) is 9.89 Å². The summed E-state index contributed by atoms with van der Waals surface area (Å²) in [6.07, 6.45) is 1.14. The zero-order chi connectivity index (χ0) is 11.3. The molecule has 0 unspecified atom stereocenters. The molecule has 5 nitrogen and oxygen atoms in total. The molecule has 1 heterocycles. The van der Waals surface area contributed by atoms with Gasteiger partial charge in [-0.1, -0.05) is 0 Å². The quantitative estimate of drug-likeness (QED) is 0.763. The normalized spacial score (nSPS) is 11.4. The molecule has 0 saturated carbocycles. The van der Waals surface area contributed by atoms with E-state index in [-0.39, 0.29) is 29.9 Å². The molecule has 0 spiro atoms. The molecule has 0 aliphatic carbocycles. The van der Waals surface area contributed by atoms with Gasteiger partial charge >= 0.3 is 5.51 Å². The van der Waals surface area contributed by atoms with Crippen molar-refractivity contribution in [3.8, 4) is 0 Å². The molecule has 0 aliphatic heterocycles. The Labute approximate surface area is 86.8 Å². The first-order valence-corrected chi connectivity index (χ1v) is 4.82. The van der Waals surface area contributed by atoms with E-state index in [2.05, 4.69) is 20.5 Å². The number of aromatic nitrogens is 3. The maximum Gasteiger partial charge on any atom is 0.441 e. The van der Waals surface area contributed by atoms with E-state index in [4.69, 9.17) is 0 Å². The molecule has 0 aliphatic rings. The van der Waals surface area contributed by atoms with E-state index < -0.39 is 11.4 Å². The summed E-state index contributed by atoms with van der Waals surface area (Å²) in [5.41, 5.74) is -4.27. The van der Waals surface area contributed by atoms with Crippen LogP contribution in [0.2, 0.25) is 0 Å². The first kappa shape index (κ1) is 11.8. The molecule has 1 amide bonds. The van der Waals surface area contributed by atoms with E-state index in [1.54, 1.807) is 0 Å². The number of amides is 1. The number of carbonyl (C=O) groups excluding carboxylic acids is 1. The van der Waals surface area contributed by atoms with Crippen LogP contribution in [0.1, 0.15) is 10.6 Å². The van der Waals surface area contributed by atoms with Gasteiger partial charge < -0.3 is 5.32 Å². The number of thioether (sulfide) groups is 1. The number of alkyl halides is 3. The van der Waals surface area contributed by atoms with Crippen LogP contribution in [0.25, 0.3) is 0 Å². The lowest BCUT2D eigenvalue weighted by Gasteiger charge is -2.05. The van der Waals surface area contributed by atoms with E-state index in [9.17, 15) is 18.0 Å². The molecular weight excluding hydrogens is 233 g/mol. The molecule has 9 heteroatoms. The molecule has 84 valence electrons. The third-order valence-electron chi connectivity index (χ3n) is 1.28. The molecule has 0 radical (unpaired) electrons. The number of nitrogens with one attached hydrogen (secondary N) is 2. The fourth-order valence-electron chi connectivity index (χ4n) is 0.730. The monoisotopic (exact) mass is 240 g/mol. The minimum Gasteiger partial charge on any atom is -0.348 e. The third kappa shape index (κ3) is 4.68. The van der Waals surface area contributed by atoms with Crippen LogP contribution in [0, 0.1) is 0 Å². The highest BCUT2D eigenvalue weighted by Crippen LogP contribution is 2.29. The van der Waals surface area contributed by atoms with E-state index in [0.29, 0.717) is 0 Å². The number of H-pyrrole nitrogens is 1.